The van der Waals surface area contributed by atoms with E-state index in [0.29, 0.717) is 10.9 Å². The zero-order chi connectivity index (χ0) is 13.6. The number of aromatic nitrogens is 4. The van der Waals surface area contributed by atoms with Gasteiger partial charge in [0.2, 0.25) is 0 Å². The Labute approximate surface area is 114 Å². The van der Waals surface area contributed by atoms with Crippen molar-refractivity contribution < 1.29 is 4.79 Å². The maximum Gasteiger partial charge on any atom is 0.269 e. The molecule has 1 amide bonds. The maximum absolute atomic E-state index is 11.4. The van der Waals surface area contributed by atoms with Gasteiger partial charge in [0.05, 0.1) is 11.4 Å². The summed E-state index contributed by atoms with van der Waals surface area (Å²) in [6.45, 7) is 0. The Morgan fingerprint density at radius 2 is 2.26 bits per heavy atom. The lowest BCUT2D eigenvalue weighted by molar-refractivity contribution is 0.0994. The number of rotatable bonds is 2. The number of carbonyl (C=O) groups excluding carboxylic acids is 1. The van der Waals surface area contributed by atoms with E-state index < -0.39 is 5.91 Å². The predicted molar refractivity (Wildman–Crippen MR) is 71.9 cm³/mol. The number of aryl methyl sites for hydroxylation is 2. The first-order valence-electron chi connectivity index (χ1n) is 5.87. The quantitative estimate of drug-likeness (QED) is 0.647. The second-order valence-corrected chi connectivity index (χ2v) is 5.17. The molecule has 7 heteroatoms. The third-order valence-corrected chi connectivity index (χ3v) is 3.83. The highest BCUT2D eigenvalue weighted by atomic mass is 32.2. The van der Waals surface area contributed by atoms with Gasteiger partial charge >= 0.3 is 0 Å². The normalized spacial score (nSPS) is 12.9. The van der Waals surface area contributed by atoms with E-state index in [0.717, 1.165) is 35.4 Å². The summed E-state index contributed by atoms with van der Waals surface area (Å²) >= 11 is 1.49. The first-order chi connectivity index (χ1) is 9.11. The van der Waals surface area contributed by atoms with E-state index >= 15 is 0 Å². The molecule has 0 saturated carbocycles. The van der Waals surface area contributed by atoms with Gasteiger partial charge in [-0.05, 0) is 24.7 Å². The molecule has 0 aliphatic heterocycles. The molecule has 0 fully saturated rings. The highest BCUT2D eigenvalue weighted by molar-refractivity contribution is 7.98. The Morgan fingerprint density at radius 3 is 2.95 bits per heavy atom. The van der Waals surface area contributed by atoms with Crippen LogP contribution in [-0.2, 0) is 19.9 Å². The van der Waals surface area contributed by atoms with Crippen LogP contribution < -0.4 is 5.73 Å². The van der Waals surface area contributed by atoms with E-state index in [9.17, 15) is 4.79 Å². The topological polar surface area (TPSA) is 86.7 Å². The van der Waals surface area contributed by atoms with Crippen LogP contribution in [0, 0.1) is 0 Å². The van der Waals surface area contributed by atoms with Crippen LogP contribution in [0.3, 0.4) is 0 Å². The SMILES string of the molecule is CSc1ncc2c(n1)-c1c(c(C(N)=O)nn1C)CC2. The summed E-state index contributed by atoms with van der Waals surface area (Å²) in [7, 11) is 1.81. The minimum atomic E-state index is -0.487. The molecular weight excluding hydrogens is 262 g/mol. The minimum Gasteiger partial charge on any atom is -0.364 e. The molecule has 1 aliphatic rings. The molecule has 0 unspecified atom stereocenters. The molecule has 1 aliphatic carbocycles. The highest BCUT2D eigenvalue weighted by Gasteiger charge is 2.27. The fraction of sp³-hybridized carbons (Fsp3) is 0.333. The first kappa shape index (κ1) is 12.2. The Morgan fingerprint density at radius 1 is 1.47 bits per heavy atom. The fourth-order valence-corrected chi connectivity index (χ4v) is 2.78. The van der Waals surface area contributed by atoms with Crippen LogP contribution in [0.15, 0.2) is 11.4 Å². The van der Waals surface area contributed by atoms with Gasteiger partial charge in [0.15, 0.2) is 10.9 Å². The first-order valence-corrected chi connectivity index (χ1v) is 7.10. The summed E-state index contributed by atoms with van der Waals surface area (Å²) in [6, 6.07) is 0. The van der Waals surface area contributed by atoms with Crippen molar-refractivity contribution in [2.45, 2.75) is 18.0 Å². The van der Waals surface area contributed by atoms with Gasteiger partial charge in [0, 0.05) is 18.8 Å². The Bertz CT molecular complexity index is 679. The molecule has 2 N–H and O–H groups in total. The molecule has 0 atom stereocenters. The number of nitrogens with two attached hydrogens (primary N) is 1. The summed E-state index contributed by atoms with van der Waals surface area (Å²) in [4.78, 5) is 20.3. The zero-order valence-corrected chi connectivity index (χ0v) is 11.5. The van der Waals surface area contributed by atoms with Crippen molar-refractivity contribution >= 4 is 17.7 Å². The van der Waals surface area contributed by atoms with E-state index in [1.165, 1.54) is 11.8 Å². The number of amides is 1. The van der Waals surface area contributed by atoms with Crippen LogP contribution in [0.4, 0.5) is 0 Å². The molecule has 98 valence electrons. The van der Waals surface area contributed by atoms with Crippen LogP contribution in [0.2, 0.25) is 0 Å². The molecule has 19 heavy (non-hydrogen) atoms. The molecule has 2 aromatic rings. The molecule has 0 aromatic carbocycles. The van der Waals surface area contributed by atoms with Gasteiger partial charge in [-0.25, -0.2) is 9.97 Å². The van der Waals surface area contributed by atoms with Crippen LogP contribution in [0.25, 0.3) is 11.4 Å². The van der Waals surface area contributed by atoms with Crippen molar-refractivity contribution in [3.05, 3.63) is 23.0 Å². The summed E-state index contributed by atoms with van der Waals surface area (Å²) < 4.78 is 1.69. The smallest absolute Gasteiger partial charge is 0.269 e. The average molecular weight is 275 g/mol. The Balaban J connectivity index is 2.26. The minimum absolute atomic E-state index is 0.354. The molecule has 2 heterocycles. The van der Waals surface area contributed by atoms with Gasteiger partial charge in [-0.1, -0.05) is 11.8 Å². The van der Waals surface area contributed by atoms with E-state index in [2.05, 4.69) is 15.1 Å². The Hall–Kier alpha value is -1.89. The number of hydrogen-bond donors (Lipinski definition) is 1. The largest absolute Gasteiger partial charge is 0.364 e. The molecule has 0 radical (unpaired) electrons. The van der Waals surface area contributed by atoms with Crippen LogP contribution >= 0.6 is 11.8 Å². The lowest BCUT2D eigenvalue weighted by atomic mass is 9.93. The van der Waals surface area contributed by atoms with Gasteiger partial charge in [0.1, 0.15) is 0 Å². The van der Waals surface area contributed by atoms with Gasteiger partial charge in [-0.3, -0.25) is 9.48 Å². The van der Waals surface area contributed by atoms with E-state index in [1.807, 2.05) is 12.5 Å². The van der Waals surface area contributed by atoms with Crippen molar-refractivity contribution in [2.24, 2.45) is 12.8 Å². The van der Waals surface area contributed by atoms with Crippen LogP contribution in [-0.4, -0.2) is 31.9 Å². The van der Waals surface area contributed by atoms with Gasteiger partial charge in [-0.15, -0.1) is 0 Å². The maximum atomic E-state index is 11.4. The second-order valence-electron chi connectivity index (χ2n) is 4.39. The number of primary amides is 1. The van der Waals surface area contributed by atoms with Crippen molar-refractivity contribution in [3.63, 3.8) is 0 Å². The fourth-order valence-electron chi connectivity index (χ4n) is 2.44. The van der Waals surface area contributed by atoms with E-state index in [1.54, 1.807) is 11.7 Å². The number of nitrogens with zero attached hydrogens (tertiary/aromatic N) is 4. The van der Waals surface area contributed by atoms with E-state index in [4.69, 9.17) is 5.73 Å². The van der Waals surface area contributed by atoms with E-state index in [-0.39, 0.29) is 0 Å². The summed E-state index contributed by atoms with van der Waals surface area (Å²) in [5, 5.41) is 4.94. The summed E-state index contributed by atoms with van der Waals surface area (Å²) in [5.74, 6) is -0.487. The van der Waals surface area contributed by atoms with Gasteiger partial charge < -0.3 is 5.73 Å². The summed E-state index contributed by atoms with van der Waals surface area (Å²) in [5.41, 5.74) is 9.46. The lowest BCUT2D eigenvalue weighted by Crippen LogP contribution is -2.15. The van der Waals surface area contributed by atoms with Gasteiger partial charge in [-0.2, -0.15) is 5.10 Å². The standard InChI is InChI=1S/C12H13N5OS/c1-17-10-7(9(16-17)11(13)18)4-3-6-5-14-12(19-2)15-8(6)10/h5H,3-4H2,1-2H3,(H2,13,18). The number of hydrogen-bond acceptors (Lipinski definition) is 5. The molecule has 0 bridgehead atoms. The lowest BCUT2D eigenvalue weighted by Gasteiger charge is -2.16. The van der Waals surface area contributed by atoms with Gasteiger partial charge in [0.25, 0.3) is 5.91 Å². The number of carbonyl (C=O) groups is 1. The second kappa shape index (κ2) is 4.34. The van der Waals surface area contributed by atoms with Crippen LogP contribution in [0.5, 0.6) is 0 Å². The molecule has 2 aromatic heterocycles. The van der Waals surface area contributed by atoms with Crippen LogP contribution in [0.1, 0.15) is 21.6 Å². The molecule has 0 saturated heterocycles. The third-order valence-electron chi connectivity index (χ3n) is 3.27. The zero-order valence-electron chi connectivity index (χ0n) is 10.7. The third kappa shape index (κ3) is 1.81. The highest BCUT2D eigenvalue weighted by Crippen LogP contribution is 2.33. The number of thioether (sulfide) groups is 1. The van der Waals surface area contributed by atoms with Crippen molar-refractivity contribution in [2.75, 3.05) is 6.26 Å². The molecule has 6 nitrogen and oxygen atoms in total. The predicted octanol–water partition coefficient (Wildman–Crippen LogP) is 0.797. The monoisotopic (exact) mass is 275 g/mol. The molecule has 0 spiro atoms. The number of fused-ring (bicyclic) bond motifs is 3. The Kier molecular flexibility index (Phi) is 2.78. The van der Waals surface area contributed by atoms with Crippen molar-refractivity contribution in [1.29, 1.82) is 0 Å². The molecule has 3 rings (SSSR count). The van der Waals surface area contributed by atoms with Crippen molar-refractivity contribution in [1.82, 2.24) is 19.7 Å². The molecular formula is C12H13N5OS. The van der Waals surface area contributed by atoms with Crippen molar-refractivity contribution in [3.8, 4) is 11.4 Å². The summed E-state index contributed by atoms with van der Waals surface area (Å²) in [6.07, 6.45) is 5.34. The average Bonchev–Trinajstić information content (AvgIpc) is 2.76.